The summed E-state index contributed by atoms with van der Waals surface area (Å²) in [6.45, 7) is 6.69. The van der Waals surface area contributed by atoms with Crippen LogP contribution in [-0.4, -0.2) is 64.6 Å². The highest BCUT2D eigenvalue weighted by Gasteiger charge is 2.30. The summed E-state index contributed by atoms with van der Waals surface area (Å²) in [5.41, 5.74) is 1.14. The maximum atomic E-state index is 4.79. The van der Waals surface area contributed by atoms with E-state index < -0.39 is 0 Å². The number of likely N-dealkylation sites (tertiary alicyclic amines) is 2. The number of hydrogen-bond acceptors (Lipinski definition) is 3. The van der Waals surface area contributed by atoms with Crippen LogP contribution in [0.15, 0.2) is 11.2 Å². The number of aliphatic imine (C=N–C) groups is 1. The second-order valence-electron chi connectivity index (χ2n) is 7.68. The molecular weight excluding hydrogens is 439 g/mol. The molecule has 26 heavy (non-hydrogen) atoms. The first kappa shape index (κ1) is 19.9. The molecule has 4 heterocycles. The zero-order valence-electron chi connectivity index (χ0n) is 16.0. The van der Waals surface area contributed by atoms with E-state index in [1.165, 1.54) is 57.4 Å². The number of fused-ring (bicyclic) bond motifs is 1. The molecule has 1 aromatic heterocycles. The van der Waals surface area contributed by atoms with Crippen LogP contribution in [0.25, 0.3) is 0 Å². The van der Waals surface area contributed by atoms with E-state index in [1.807, 2.05) is 7.05 Å². The highest BCUT2D eigenvalue weighted by Crippen LogP contribution is 2.20. The smallest absolute Gasteiger partial charge is 0.194 e. The molecule has 0 amide bonds. The van der Waals surface area contributed by atoms with Gasteiger partial charge in [0.1, 0.15) is 5.82 Å². The third kappa shape index (κ3) is 4.52. The van der Waals surface area contributed by atoms with Crippen molar-refractivity contribution >= 4 is 29.9 Å². The number of halogens is 1. The summed E-state index contributed by atoms with van der Waals surface area (Å²) in [5, 5.41) is 3.54. The average Bonchev–Trinajstić information content (AvgIpc) is 3.30. The number of aryl methyl sites for hydroxylation is 2. The predicted molar refractivity (Wildman–Crippen MR) is 116 cm³/mol. The van der Waals surface area contributed by atoms with Crippen molar-refractivity contribution in [3.63, 3.8) is 0 Å². The standard InChI is InChI=1S/C19H32N6.HI/c1-20-19(21-13-16-14-24-11-6-3-7-18(24)22-16)25-12-8-17(15-25)23-9-4-2-5-10-23;/h14,17H,2-13,15H2,1H3,(H,20,21);1H. The van der Waals surface area contributed by atoms with Gasteiger partial charge in [-0.25, -0.2) is 4.98 Å². The summed E-state index contributed by atoms with van der Waals surface area (Å²) in [5.74, 6) is 2.29. The molecule has 0 spiro atoms. The summed E-state index contributed by atoms with van der Waals surface area (Å²) in [6.07, 6.45) is 11.3. The summed E-state index contributed by atoms with van der Waals surface area (Å²) in [4.78, 5) is 14.4. The van der Waals surface area contributed by atoms with Crippen LogP contribution in [0.1, 0.15) is 50.0 Å². The lowest BCUT2D eigenvalue weighted by atomic mass is 10.1. The summed E-state index contributed by atoms with van der Waals surface area (Å²) < 4.78 is 2.32. The average molecular weight is 472 g/mol. The molecule has 0 bridgehead atoms. The zero-order chi connectivity index (χ0) is 17.1. The fraction of sp³-hybridized carbons (Fsp3) is 0.789. The molecular formula is C19H33IN6. The van der Waals surface area contributed by atoms with Gasteiger partial charge in [-0.1, -0.05) is 6.42 Å². The van der Waals surface area contributed by atoms with Gasteiger partial charge in [-0.3, -0.25) is 9.89 Å². The highest BCUT2D eigenvalue weighted by atomic mass is 127. The molecule has 0 saturated carbocycles. The number of nitrogens with one attached hydrogen (secondary N) is 1. The van der Waals surface area contributed by atoms with E-state index in [0.29, 0.717) is 6.04 Å². The van der Waals surface area contributed by atoms with Crippen LogP contribution < -0.4 is 5.32 Å². The number of imidazole rings is 1. The minimum absolute atomic E-state index is 0. The van der Waals surface area contributed by atoms with Gasteiger partial charge in [-0.2, -0.15) is 0 Å². The minimum atomic E-state index is 0. The van der Waals surface area contributed by atoms with Crippen molar-refractivity contribution < 1.29 is 0 Å². The fourth-order valence-electron chi connectivity index (χ4n) is 4.57. The Morgan fingerprint density at radius 1 is 1.15 bits per heavy atom. The normalized spacial score (nSPS) is 24.3. The van der Waals surface area contributed by atoms with Gasteiger partial charge in [0.25, 0.3) is 0 Å². The lowest BCUT2D eigenvalue weighted by Gasteiger charge is -2.32. The monoisotopic (exact) mass is 472 g/mol. The molecule has 146 valence electrons. The van der Waals surface area contributed by atoms with E-state index in [4.69, 9.17) is 4.98 Å². The summed E-state index contributed by atoms with van der Waals surface area (Å²) in [6, 6.07) is 0.707. The molecule has 1 unspecified atom stereocenters. The molecule has 7 heteroatoms. The Kier molecular flexibility index (Phi) is 7.19. The first-order chi connectivity index (χ1) is 12.3. The second-order valence-corrected chi connectivity index (χ2v) is 7.68. The van der Waals surface area contributed by atoms with E-state index in [9.17, 15) is 0 Å². The number of nitrogens with zero attached hydrogens (tertiary/aromatic N) is 5. The van der Waals surface area contributed by atoms with Crippen molar-refractivity contribution in [1.29, 1.82) is 0 Å². The molecule has 0 radical (unpaired) electrons. The van der Waals surface area contributed by atoms with Crippen LogP contribution in [0.4, 0.5) is 0 Å². The van der Waals surface area contributed by atoms with Crippen molar-refractivity contribution in [2.24, 2.45) is 4.99 Å². The van der Waals surface area contributed by atoms with Crippen LogP contribution in [0.2, 0.25) is 0 Å². The van der Waals surface area contributed by atoms with Crippen molar-refractivity contribution in [2.75, 3.05) is 33.2 Å². The summed E-state index contributed by atoms with van der Waals surface area (Å²) in [7, 11) is 1.90. The lowest BCUT2D eigenvalue weighted by Crippen LogP contribution is -2.44. The van der Waals surface area contributed by atoms with Gasteiger partial charge in [-0.05, 0) is 45.2 Å². The molecule has 3 aliphatic heterocycles. The van der Waals surface area contributed by atoms with Gasteiger partial charge in [0, 0.05) is 45.3 Å². The van der Waals surface area contributed by atoms with Gasteiger partial charge in [0.05, 0.1) is 12.2 Å². The molecule has 4 rings (SSSR count). The Labute approximate surface area is 174 Å². The Morgan fingerprint density at radius 3 is 2.73 bits per heavy atom. The molecule has 2 saturated heterocycles. The first-order valence-electron chi connectivity index (χ1n) is 10.1. The number of hydrogen-bond donors (Lipinski definition) is 1. The van der Waals surface area contributed by atoms with Gasteiger partial charge in [0.15, 0.2) is 5.96 Å². The maximum Gasteiger partial charge on any atom is 0.194 e. The van der Waals surface area contributed by atoms with Gasteiger partial charge in [-0.15, -0.1) is 24.0 Å². The van der Waals surface area contributed by atoms with Crippen molar-refractivity contribution in [3.8, 4) is 0 Å². The number of aromatic nitrogens is 2. The molecule has 3 aliphatic rings. The zero-order valence-corrected chi connectivity index (χ0v) is 18.3. The second kappa shape index (κ2) is 9.39. The van der Waals surface area contributed by atoms with E-state index in [-0.39, 0.29) is 24.0 Å². The quantitative estimate of drug-likeness (QED) is 0.417. The van der Waals surface area contributed by atoms with E-state index >= 15 is 0 Å². The van der Waals surface area contributed by atoms with E-state index in [1.54, 1.807) is 0 Å². The van der Waals surface area contributed by atoms with E-state index in [2.05, 4.69) is 30.9 Å². The van der Waals surface area contributed by atoms with Crippen LogP contribution >= 0.6 is 24.0 Å². The Hall–Kier alpha value is -0.830. The topological polar surface area (TPSA) is 48.7 Å². The van der Waals surface area contributed by atoms with Crippen molar-refractivity contribution in [3.05, 3.63) is 17.7 Å². The van der Waals surface area contributed by atoms with Crippen LogP contribution in [0.5, 0.6) is 0 Å². The molecule has 6 nitrogen and oxygen atoms in total. The van der Waals surface area contributed by atoms with Gasteiger partial charge >= 0.3 is 0 Å². The number of piperidine rings is 1. The SMILES string of the molecule is CN=C(NCc1cn2c(n1)CCCC2)N1CCC(N2CCCCC2)C1.I. The Bertz CT molecular complexity index is 584. The van der Waals surface area contributed by atoms with Crippen LogP contribution in [0.3, 0.4) is 0 Å². The summed E-state index contributed by atoms with van der Waals surface area (Å²) >= 11 is 0. The molecule has 1 aromatic rings. The third-order valence-electron chi connectivity index (χ3n) is 5.97. The fourth-order valence-corrected chi connectivity index (χ4v) is 4.57. The van der Waals surface area contributed by atoms with Crippen molar-refractivity contribution in [2.45, 2.75) is 64.1 Å². The predicted octanol–water partition coefficient (Wildman–Crippen LogP) is 2.47. The molecule has 0 aromatic carbocycles. The number of guanidine groups is 1. The minimum Gasteiger partial charge on any atom is -0.351 e. The maximum absolute atomic E-state index is 4.79. The molecule has 1 atom stereocenters. The van der Waals surface area contributed by atoms with Crippen LogP contribution in [0, 0.1) is 0 Å². The largest absolute Gasteiger partial charge is 0.351 e. The molecule has 0 aliphatic carbocycles. The molecule has 1 N–H and O–H groups in total. The number of rotatable bonds is 3. The van der Waals surface area contributed by atoms with Gasteiger partial charge in [0.2, 0.25) is 0 Å². The Morgan fingerprint density at radius 2 is 1.96 bits per heavy atom. The lowest BCUT2D eigenvalue weighted by molar-refractivity contribution is 0.168. The Balaban J connectivity index is 0.00000196. The van der Waals surface area contributed by atoms with Crippen molar-refractivity contribution in [1.82, 2.24) is 24.7 Å². The molecule has 2 fully saturated rings. The first-order valence-corrected chi connectivity index (χ1v) is 10.1. The van der Waals surface area contributed by atoms with E-state index in [0.717, 1.165) is 44.3 Å². The highest BCUT2D eigenvalue weighted by molar-refractivity contribution is 14.0. The van der Waals surface area contributed by atoms with Gasteiger partial charge < -0.3 is 14.8 Å². The third-order valence-corrected chi connectivity index (χ3v) is 5.97. The van der Waals surface area contributed by atoms with Crippen LogP contribution in [-0.2, 0) is 19.5 Å².